The summed E-state index contributed by atoms with van der Waals surface area (Å²) in [6.45, 7) is 1.74. The second-order valence-electron chi connectivity index (χ2n) is 5.66. The summed E-state index contributed by atoms with van der Waals surface area (Å²) < 4.78 is 46.2. The van der Waals surface area contributed by atoms with Crippen LogP contribution in [-0.2, 0) is 6.54 Å². The maximum atomic E-state index is 12.1. The number of aliphatic hydroxyl groups is 1. The third-order valence-electron chi connectivity index (χ3n) is 3.42. The Morgan fingerprint density at radius 3 is 2.56 bits per heavy atom. The van der Waals surface area contributed by atoms with E-state index in [9.17, 15) is 18.3 Å². The first-order valence-corrected chi connectivity index (χ1v) is 8.39. The van der Waals surface area contributed by atoms with Crippen molar-refractivity contribution in [2.45, 2.75) is 25.7 Å². The van der Waals surface area contributed by atoms with Crippen molar-refractivity contribution in [2.75, 3.05) is 19.7 Å². The second-order valence-corrected chi connectivity index (χ2v) is 5.66. The van der Waals surface area contributed by atoms with Crippen LogP contribution in [0.25, 0.3) is 0 Å². The van der Waals surface area contributed by atoms with Gasteiger partial charge in [-0.3, -0.25) is 0 Å². The first-order valence-electron chi connectivity index (χ1n) is 8.39. The molecule has 0 bridgehead atoms. The van der Waals surface area contributed by atoms with Gasteiger partial charge in [0.2, 0.25) is 0 Å². The monoisotopic (exact) mass is 385 g/mol. The van der Waals surface area contributed by atoms with E-state index in [0.717, 1.165) is 5.56 Å². The molecule has 0 aliphatic carbocycles. The van der Waals surface area contributed by atoms with E-state index >= 15 is 0 Å². The number of guanidine groups is 1. The van der Waals surface area contributed by atoms with Crippen molar-refractivity contribution < 1.29 is 27.4 Å². The van der Waals surface area contributed by atoms with Gasteiger partial charge in [0.15, 0.2) is 12.6 Å². The van der Waals surface area contributed by atoms with Crippen LogP contribution < -0.4 is 15.4 Å². The lowest BCUT2D eigenvalue weighted by Crippen LogP contribution is -2.39. The molecule has 0 saturated heterocycles. The summed E-state index contributed by atoms with van der Waals surface area (Å²) in [7, 11) is 0. The Labute approximate surface area is 155 Å². The molecule has 0 amide bonds. The van der Waals surface area contributed by atoms with Crippen LogP contribution in [0.3, 0.4) is 0 Å². The average molecular weight is 385 g/mol. The molecule has 2 aromatic rings. The van der Waals surface area contributed by atoms with Gasteiger partial charge in [0.05, 0.1) is 19.4 Å². The van der Waals surface area contributed by atoms with Crippen molar-refractivity contribution in [3.63, 3.8) is 0 Å². The molecule has 9 heteroatoms. The highest BCUT2D eigenvalue weighted by atomic mass is 19.4. The highest BCUT2D eigenvalue weighted by Crippen LogP contribution is 2.19. The molecule has 0 fully saturated rings. The van der Waals surface area contributed by atoms with Gasteiger partial charge in [0.25, 0.3) is 0 Å². The maximum Gasteiger partial charge on any atom is 0.422 e. The Bertz CT molecular complexity index is 701. The standard InChI is InChI=1S/C18H22F3N3O3/c1-2-22-17(24-11-15(25)16-4-3-9-26-16)23-10-13-5-7-14(8-6-13)27-12-18(19,20)21/h3-9,15,25H,2,10-12H2,1H3,(H2,22,23,24). The minimum absolute atomic E-state index is 0.145. The molecule has 0 saturated carbocycles. The highest BCUT2D eigenvalue weighted by Gasteiger charge is 2.28. The Kier molecular flexibility index (Phi) is 7.54. The van der Waals surface area contributed by atoms with Gasteiger partial charge in [0.1, 0.15) is 17.6 Å². The number of alkyl halides is 3. The molecule has 1 atom stereocenters. The van der Waals surface area contributed by atoms with E-state index in [0.29, 0.717) is 24.8 Å². The number of aliphatic imine (C=N–C) groups is 1. The third-order valence-corrected chi connectivity index (χ3v) is 3.42. The van der Waals surface area contributed by atoms with Crippen molar-refractivity contribution in [1.29, 1.82) is 0 Å². The first kappa shape index (κ1) is 20.6. The minimum atomic E-state index is -4.37. The summed E-state index contributed by atoms with van der Waals surface area (Å²) in [5.74, 6) is 1.10. The van der Waals surface area contributed by atoms with Gasteiger partial charge in [-0.15, -0.1) is 0 Å². The number of furan rings is 1. The molecule has 2 rings (SSSR count). The fourth-order valence-electron chi connectivity index (χ4n) is 2.14. The third kappa shape index (κ3) is 7.61. The highest BCUT2D eigenvalue weighted by molar-refractivity contribution is 5.79. The lowest BCUT2D eigenvalue weighted by Gasteiger charge is -2.14. The van der Waals surface area contributed by atoms with Gasteiger partial charge in [-0.25, -0.2) is 4.99 Å². The van der Waals surface area contributed by atoms with Crippen molar-refractivity contribution in [2.24, 2.45) is 4.99 Å². The molecule has 0 aliphatic heterocycles. The van der Waals surface area contributed by atoms with Gasteiger partial charge in [-0.2, -0.15) is 13.2 Å². The van der Waals surface area contributed by atoms with Gasteiger partial charge >= 0.3 is 6.18 Å². The van der Waals surface area contributed by atoms with Crippen molar-refractivity contribution in [1.82, 2.24) is 10.6 Å². The van der Waals surface area contributed by atoms with Crippen LogP contribution in [-0.4, -0.2) is 36.9 Å². The predicted molar refractivity (Wildman–Crippen MR) is 94.5 cm³/mol. The van der Waals surface area contributed by atoms with E-state index in [1.165, 1.54) is 18.4 Å². The van der Waals surface area contributed by atoms with E-state index < -0.39 is 18.9 Å². The van der Waals surface area contributed by atoms with E-state index in [2.05, 4.69) is 20.4 Å². The Balaban J connectivity index is 1.87. The molecule has 0 radical (unpaired) electrons. The van der Waals surface area contributed by atoms with Crippen LogP contribution in [0.2, 0.25) is 0 Å². The van der Waals surface area contributed by atoms with Crippen LogP contribution >= 0.6 is 0 Å². The van der Waals surface area contributed by atoms with E-state index in [4.69, 9.17) is 4.42 Å². The molecule has 0 aliphatic rings. The van der Waals surface area contributed by atoms with Crippen LogP contribution in [0.5, 0.6) is 5.75 Å². The second kappa shape index (κ2) is 9.86. The van der Waals surface area contributed by atoms with Crippen LogP contribution in [0.4, 0.5) is 13.2 Å². The number of halogens is 3. The van der Waals surface area contributed by atoms with Crippen molar-refractivity contribution in [3.8, 4) is 5.75 Å². The molecule has 27 heavy (non-hydrogen) atoms. The molecule has 3 N–H and O–H groups in total. The molecule has 148 valence electrons. The molecule has 6 nitrogen and oxygen atoms in total. The van der Waals surface area contributed by atoms with Gasteiger partial charge in [-0.05, 0) is 36.8 Å². The normalized spacial score (nSPS) is 13.3. The number of rotatable bonds is 8. The fourth-order valence-corrected chi connectivity index (χ4v) is 2.14. The molecular formula is C18H22F3N3O3. The van der Waals surface area contributed by atoms with Gasteiger partial charge < -0.3 is 24.9 Å². The summed E-state index contributed by atoms with van der Waals surface area (Å²) >= 11 is 0. The largest absolute Gasteiger partial charge is 0.484 e. The SMILES string of the molecule is CCNC(=NCc1ccc(OCC(F)(F)F)cc1)NCC(O)c1ccco1. The zero-order chi connectivity index (χ0) is 19.7. The predicted octanol–water partition coefficient (Wildman–Crippen LogP) is 3.01. The van der Waals surface area contributed by atoms with Crippen LogP contribution in [0.1, 0.15) is 24.4 Å². The van der Waals surface area contributed by atoms with Crippen LogP contribution in [0, 0.1) is 0 Å². The first-order chi connectivity index (χ1) is 12.9. The summed E-state index contributed by atoms with van der Waals surface area (Å²) in [5.41, 5.74) is 0.804. The molecule has 1 aromatic heterocycles. The molecular weight excluding hydrogens is 363 g/mol. The topological polar surface area (TPSA) is 79.0 Å². The molecule has 1 heterocycles. The smallest absolute Gasteiger partial charge is 0.422 e. The fraction of sp³-hybridized carbons (Fsp3) is 0.389. The summed E-state index contributed by atoms with van der Waals surface area (Å²) in [5, 5.41) is 16.1. The Morgan fingerprint density at radius 1 is 1.22 bits per heavy atom. The van der Waals surface area contributed by atoms with Gasteiger partial charge in [-0.1, -0.05) is 12.1 Å². The number of nitrogens with one attached hydrogen (secondary N) is 2. The maximum absolute atomic E-state index is 12.1. The number of hydrogen-bond acceptors (Lipinski definition) is 4. The number of benzene rings is 1. The quantitative estimate of drug-likeness (QED) is 0.481. The van der Waals surface area contributed by atoms with E-state index in [1.807, 2.05) is 6.92 Å². The minimum Gasteiger partial charge on any atom is -0.484 e. The molecule has 1 aromatic carbocycles. The zero-order valence-corrected chi connectivity index (χ0v) is 14.8. The Morgan fingerprint density at radius 2 is 1.96 bits per heavy atom. The van der Waals surface area contributed by atoms with Gasteiger partial charge in [0, 0.05) is 6.54 Å². The lowest BCUT2D eigenvalue weighted by atomic mass is 10.2. The Hall–Kier alpha value is -2.68. The lowest BCUT2D eigenvalue weighted by molar-refractivity contribution is -0.153. The summed E-state index contributed by atoms with van der Waals surface area (Å²) in [6.07, 6.45) is -3.69. The number of nitrogens with zero attached hydrogens (tertiary/aromatic N) is 1. The summed E-state index contributed by atoms with van der Waals surface area (Å²) in [4.78, 5) is 4.38. The number of ether oxygens (including phenoxy) is 1. The molecule has 0 spiro atoms. The number of hydrogen-bond donors (Lipinski definition) is 3. The van der Waals surface area contributed by atoms with Crippen molar-refractivity contribution in [3.05, 3.63) is 54.0 Å². The van der Waals surface area contributed by atoms with E-state index in [1.54, 1.807) is 24.3 Å². The number of aliphatic hydroxyl groups excluding tert-OH is 1. The zero-order valence-electron chi connectivity index (χ0n) is 14.8. The average Bonchev–Trinajstić information content (AvgIpc) is 3.17. The van der Waals surface area contributed by atoms with Crippen molar-refractivity contribution >= 4 is 5.96 Å². The van der Waals surface area contributed by atoms with E-state index in [-0.39, 0.29) is 12.3 Å². The molecule has 1 unspecified atom stereocenters. The summed E-state index contributed by atoms with van der Waals surface area (Å²) in [6, 6.07) is 9.61. The van der Waals surface area contributed by atoms with Crippen LogP contribution in [0.15, 0.2) is 52.1 Å².